The van der Waals surface area contributed by atoms with Crippen LogP contribution >= 0.6 is 0 Å². The Balaban J connectivity index is 1.74. The highest BCUT2D eigenvalue weighted by atomic mass is 32.2. The zero-order valence-electron chi connectivity index (χ0n) is 19.4. The Bertz CT molecular complexity index is 1270. The standard InChI is InChI=1S/C24H23F6NO5S/c1-2-36-21(32)31-12-16-11-18(37(34,35)13-14-3-4-14)9-10-19(16)20(31)15-5-7-17(8-6-15)22(33,23(25,26)27)24(28,29)30/h5-11,14,20,33H,2-4,12-13H2,1H3. The number of hydrogen-bond acceptors (Lipinski definition) is 5. The summed E-state index contributed by atoms with van der Waals surface area (Å²) in [5, 5.41) is 9.66. The maximum absolute atomic E-state index is 13.3. The normalized spacial score (nSPS) is 18.6. The van der Waals surface area contributed by atoms with Crippen molar-refractivity contribution in [2.45, 2.75) is 55.2 Å². The van der Waals surface area contributed by atoms with Gasteiger partial charge in [0.15, 0.2) is 9.84 Å². The molecule has 1 aliphatic carbocycles. The molecule has 1 amide bonds. The van der Waals surface area contributed by atoms with Crippen molar-refractivity contribution < 1.29 is 49.4 Å². The van der Waals surface area contributed by atoms with E-state index in [-0.39, 0.29) is 35.3 Å². The minimum Gasteiger partial charge on any atom is -0.450 e. The van der Waals surface area contributed by atoms with Gasteiger partial charge in [-0.15, -0.1) is 0 Å². The van der Waals surface area contributed by atoms with Gasteiger partial charge in [0, 0.05) is 5.56 Å². The summed E-state index contributed by atoms with van der Waals surface area (Å²) in [7, 11) is -3.57. The number of alkyl halides is 6. The third-order valence-electron chi connectivity index (χ3n) is 6.54. The van der Waals surface area contributed by atoms with Crippen LogP contribution in [0.3, 0.4) is 0 Å². The highest BCUT2D eigenvalue weighted by Crippen LogP contribution is 2.50. The van der Waals surface area contributed by atoms with E-state index >= 15 is 0 Å². The summed E-state index contributed by atoms with van der Waals surface area (Å²) in [4.78, 5) is 13.9. The first-order valence-corrected chi connectivity index (χ1v) is 13.0. The predicted molar refractivity (Wildman–Crippen MR) is 118 cm³/mol. The number of rotatable bonds is 6. The summed E-state index contributed by atoms with van der Waals surface area (Å²) >= 11 is 0. The highest BCUT2D eigenvalue weighted by molar-refractivity contribution is 7.91. The minimum atomic E-state index is -6.04. The van der Waals surface area contributed by atoms with Crippen LogP contribution in [-0.4, -0.2) is 49.2 Å². The smallest absolute Gasteiger partial charge is 0.430 e. The predicted octanol–water partition coefficient (Wildman–Crippen LogP) is 5.24. The monoisotopic (exact) mass is 551 g/mol. The second kappa shape index (κ2) is 9.19. The quantitative estimate of drug-likeness (QED) is 0.497. The maximum Gasteiger partial charge on any atom is 0.430 e. The molecule has 6 nitrogen and oxygen atoms in total. The van der Waals surface area contributed by atoms with Gasteiger partial charge in [0.2, 0.25) is 0 Å². The first-order valence-electron chi connectivity index (χ1n) is 11.4. The second-order valence-corrected chi connectivity index (χ2v) is 11.2. The number of fused-ring (bicyclic) bond motifs is 1. The minimum absolute atomic E-state index is 0.000408. The van der Waals surface area contributed by atoms with E-state index < -0.39 is 45.5 Å². The summed E-state index contributed by atoms with van der Waals surface area (Å²) in [5.41, 5.74) is -5.46. The van der Waals surface area contributed by atoms with Gasteiger partial charge in [-0.1, -0.05) is 30.3 Å². The zero-order chi connectivity index (χ0) is 27.4. The first-order chi connectivity index (χ1) is 17.1. The van der Waals surface area contributed by atoms with E-state index in [9.17, 15) is 44.7 Å². The average Bonchev–Trinajstić information content (AvgIpc) is 3.52. The van der Waals surface area contributed by atoms with Gasteiger partial charge < -0.3 is 9.84 Å². The van der Waals surface area contributed by atoms with E-state index in [0.29, 0.717) is 23.3 Å². The second-order valence-electron chi connectivity index (χ2n) is 9.14. The molecule has 37 heavy (non-hydrogen) atoms. The van der Waals surface area contributed by atoms with Gasteiger partial charge in [-0.05, 0) is 54.5 Å². The van der Waals surface area contributed by atoms with Gasteiger partial charge in [0.1, 0.15) is 0 Å². The zero-order valence-corrected chi connectivity index (χ0v) is 20.3. The van der Waals surface area contributed by atoms with Crippen molar-refractivity contribution in [1.29, 1.82) is 0 Å². The van der Waals surface area contributed by atoms with Crippen molar-refractivity contribution in [2.24, 2.45) is 5.92 Å². The fourth-order valence-corrected chi connectivity index (χ4v) is 6.19. The molecular formula is C24H23F6NO5S. The third kappa shape index (κ3) is 4.90. The van der Waals surface area contributed by atoms with E-state index in [4.69, 9.17) is 4.74 Å². The number of aliphatic hydroxyl groups is 1. The molecule has 1 fully saturated rings. The molecule has 1 unspecified atom stereocenters. The van der Waals surface area contributed by atoms with Gasteiger partial charge in [0.25, 0.3) is 5.60 Å². The number of carbonyl (C=O) groups excluding carboxylic acids is 1. The molecule has 0 aromatic heterocycles. The summed E-state index contributed by atoms with van der Waals surface area (Å²) in [6.45, 7) is 1.48. The fraction of sp³-hybridized carbons (Fsp3) is 0.458. The van der Waals surface area contributed by atoms with Crippen LogP contribution in [0.5, 0.6) is 0 Å². The molecule has 13 heteroatoms. The van der Waals surface area contributed by atoms with Crippen LogP contribution in [-0.2, 0) is 26.7 Å². The van der Waals surface area contributed by atoms with E-state index in [2.05, 4.69) is 0 Å². The maximum atomic E-state index is 13.3. The molecule has 2 aromatic carbocycles. The molecule has 1 atom stereocenters. The van der Waals surface area contributed by atoms with Crippen molar-refractivity contribution in [3.8, 4) is 0 Å². The summed E-state index contributed by atoms with van der Waals surface area (Å²) in [5.74, 6) is 0.104. The number of halogens is 6. The lowest BCUT2D eigenvalue weighted by molar-refractivity contribution is -0.376. The van der Waals surface area contributed by atoms with Crippen LogP contribution in [0.2, 0.25) is 0 Å². The Labute approximate surface area is 208 Å². The number of amides is 1. The number of ether oxygens (including phenoxy) is 1. The Hall–Kier alpha value is -2.80. The number of nitrogens with zero attached hydrogens (tertiary/aromatic N) is 1. The van der Waals surface area contributed by atoms with E-state index in [1.54, 1.807) is 6.92 Å². The summed E-state index contributed by atoms with van der Waals surface area (Å²) in [6.07, 6.45) is -11.2. The molecule has 1 aliphatic heterocycles. The van der Waals surface area contributed by atoms with Crippen molar-refractivity contribution in [1.82, 2.24) is 4.90 Å². The molecule has 2 aliphatic rings. The molecule has 1 N–H and O–H groups in total. The van der Waals surface area contributed by atoms with Crippen molar-refractivity contribution >= 4 is 15.9 Å². The highest BCUT2D eigenvalue weighted by Gasteiger charge is 2.71. The van der Waals surface area contributed by atoms with Crippen LogP contribution in [0.15, 0.2) is 47.4 Å². The van der Waals surface area contributed by atoms with Crippen LogP contribution in [0.4, 0.5) is 31.1 Å². The van der Waals surface area contributed by atoms with Gasteiger partial charge in [-0.2, -0.15) is 26.3 Å². The molecule has 1 heterocycles. The van der Waals surface area contributed by atoms with E-state index in [0.717, 1.165) is 25.0 Å². The number of benzene rings is 2. The molecule has 1 saturated carbocycles. The molecule has 0 bridgehead atoms. The lowest BCUT2D eigenvalue weighted by atomic mass is 9.89. The Morgan fingerprint density at radius 1 is 1.03 bits per heavy atom. The summed E-state index contributed by atoms with van der Waals surface area (Å²) < 4.78 is 110. The Morgan fingerprint density at radius 3 is 2.14 bits per heavy atom. The third-order valence-corrected chi connectivity index (χ3v) is 8.42. The van der Waals surface area contributed by atoms with Crippen LogP contribution in [0, 0.1) is 5.92 Å². The molecule has 0 spiro atoms. The fourth-order valence-electron chi connectivity index (χ4n) is 4.44. The SMILES string of the molecule is CCOC(=O)N1Cc2cc(S(=O)(=O)CC3CC3)ccc2C1c1ccc(C(O)(C(F)(F)F)C(F)(F)F)cc1. The molecule has 0 radical (unpaired) electrons. The lowest BCUT2D eigenvalue weighted by Gasteiger charge is -2.33. The van der Waals surface area contributed by atoms with Crippen LogP contribution in [0.1, 0.15) is 48.1 Å². The van der Waals surface area contributed by atoms with Gasteiger partial charge in [-0.25, -0.2) is 13.2 Å². The molecule has 0 saturated heterocycles. The van der Waals surface area contributed by atoms with Crippen molar-refractivity contribution in [2.75, 3.05) is 12.4 Å². The van der Waals surface area contributed by atoms with Crippen molar-refractivity contribution in [3.05, 3.63) is 64.7 Å². The topological polar surface area (TPSA) is 83.9 Å². The van der Waals surface area contributed by atoms with Gasteiger partial charge in [-0.3, -0.25) is 4.90 Å². The van der Waals surface area contributed by atoms with Crippen LogP contribution < -0.4 is 0 Å². The molecule has 4 rings (SSSR count). The Kier molecular flexibility index (Phi) is 6.77. The van der Waals surface area contributed by atoms with Crippen LogP contribution in [0.25, 0.3) is 0 Å². The van der Waals surface area contributed by atoms with E-state index in [1.807, 2.05) is 0 Å². The van der Waals surface area contributed by atoms with Gasteiger partial charge in [0.05, 0.1) is 29.8 Å². The molecule has 202 valence electrons. The lowest BCUT2D eigenvalue weighted by Crippen LogP contribution is -2.53. The number of sulfone groups is 1. The molecular weight excluding hydrogens is 528 g/mol. The first kappa shape index (κ1) is 27.2. The van der Waals surface area contributed by atoms with Crippen molar-refractivity contribution in [3.63, 3.8) is 0 Å². The van der Waals surface area contributed by atoms with Gasteiger partial charge >= 0.3 is 18.4 Å². The average molecular weight is 552 g/mol. The number of carbonyl (C=O) groups is 1. The largest absolute Gasteiger partial charge is 0.450 e. The number of hydrogen-bond donors (Lipinski definition) is 1. The van der Waals surface area contributed by atoms with E-state index in [1.165, 1.54) is 23.1 Å². The molecule has 2 aromatic rings. The summed E-state index contributed by atoms with van der Waals surface area (Å²) in [6, 6.07) is 6.25. The Morgan fingerprint density at radius 2 is 1.62 bits per heavy atom.